The van der Waals surface area contributed by atoms with Gasteiger partial charge >= 0.3 is 0 Å². The quantitative estimate of drug-likeness (QED) is 0.628. The van der Waals surface area contributed by atoms with Crippen molar-refractivity contribution in [3.63, 3.8) is 0 Å². The van der Waals surface area contributed by atoms with Gasteiger partial charge in [0.05, 0.1) is 4.58 Å². The molecule has 2 fully saturated rings. The van der Waals surface area contributed by atoms with Gasteiger partial charge in [0.1, 0.15) is 0 Å². The maximum absolute atomic E-state index is 5.53. The molecule has 0 amide bonds. The summed E-state index contributed by atoms with van der Waals surface area (Å²) >= 11 is 4.45. The van der Waals surface area contributed by atoms with E-state index < -0.39 is 0 Å². The van der Waals surface area contributed by atoms with Crippen LogP contribution in [0.2, 0.25) is 0 Å². The lowest BCUT2D eigenvalue weighted by Gasteiger charge is -2.40. The molecule has 1 aliphatic heterocycles. The molecule has 0 N–H and O–H groups in total. The van der Waals surface area contributed by atoms with Gasteiger partial charge in [-0.3, -0.25) is 0 Å². The van der Waals surface area contributed by atoms with Crippen LogP contribution in [0.3, 0.4) is 0 Å². The van der Waals surface area contributed by atoms with E-state index in [0.29, 0.717) is 11.3 Å². The SMILES string of the molecule is C#CC1CCC(C2SCC(C(C)(C)C)CS2)CC1. The van der Waals surface area contributed by atoms with Crippen LogP contribution < -0.4 is 0 Å². The van der Waals surface area contributed by atoms with E-state index in [2.05, 4.69) is 50.2 Å². The van der Waals surface area contributed by atoms with Crippen LogP contribution in [0.1, 0.15) is 46.5 Å². The molecule has 2 heteroatoms. The van der Waals surface area contributed by atoms with Crippen LogP contribution in [-0.4, -0.2) is 16.1 Å². The lowest BCUT2D eigenvalue weighted by molar-refractivity contribution is 0.289. The minimum Gasteiger partial charge on any atom is -0.147 e. The molecule has 0 spiro atoms. The Hall–Kier alpha value is 0.260. The lowest BCUT2D eigenvalue weighted by atomic mass is 9.83. The van der Waals surface area contributed by atoms with Crippen LogP contribution in [0.15, 0.2) is 0 Å². The minimum atomic E-state index is 0.478. The number of rotatable bonds is 1. The summed E-state index contributed by atoms with van der Waals surface area (Å²) in [5.41, 5.74) is 0.478. The normalized spacial score (nSPS) is 38.1. The second kappa shape index (κ2) is 6.14. The molecule has 0 radical (unpaired) electrons. The van der Waals surface area contributed by atoms with Crippen LogP contribution in [-0.2, 0) is 0 Å². The van der Waals surface area contributed by atoms with Crippen molar-refractivity contribution >= 4 is 23.5 Å². The fourth-order valence-corrected chi connectivity index (χ4v) is 7.02. The summed E-state index contributed by atoms with van der Waals surface area (Å²) in [6.45, 7) is 7.16. The summed E-state index contributed by atoms with van der Waals surface area (Å²) in [6, 6.07) is 0. The number of hydrogen-bond acceptors (Lipinski definition) is 2. The highest BCUT2D eigenvalue weighted by Gasteiger charge is 2.35. The largest absolute Gasteiger partial charge is 0.147 e. The Morgan fingerprint density at radius 1 is 1.00 bits per heavy atom. The molecule has 2 aliphatic rings. The van der Waals surface area contributed by atoms with E-state index in [1.54, 1.807) is 0 Å². The first-order valence-electron chi connectivity index (χ1n) is 7.20. The highest BCUT2D eigenvalue weighted by molar-refractivity contribution is 8.17. The second-order valence-corrected chi connectivity index (χ2v) is 9.52. The van der Waals surface area contributed by atoms with E-state index in [1.807, 2.05) is 0 Å². The molecule has 102 valence electrons. The van der Waals surface area contributed by atoms with Gasteiger partial charge in [0.2, 0.25) is 0 Å². The van der Waals surface area contributed by atoms with Crippen LogP contribution in [0.4, 0.5) is 0 Å². The molecule has 0 unspecified atom stereocenters. The molecule has 0 aromatic heterocycles. The van der Waals surface area contributed by atoms with Crippen LogP contribution >= 0.6 is 23.5 Å². The Bertz CT molecular complexity index is 294. The van der Waals surface area contributed by atoms with Gasteiger partial charge in [-0.1, -0.05) is 20.8 Å². The third-order valence-electron chi connectivity index (χ3n) is 4.54. The van der Waals surface area contributed by atoms with Crippen molar-refractivity contribution in [2.45, 2.75) is 51.0 Å². The average molecular weight is 283 g/mol. The van der Waals surface area contributed by atoms with Crippen molar-refractivity contribution in [2.24, 2.45) is 23.2 Å². The highest BCUT2D eigenvalue weighted by atomic mass is 32.2. The molecule has 0 nitrogen and oxygen atoms in total. The smallest absolute Gasteiger partial charge is 0.0530 e. The molecule has 1 aliphatic carbocycles. The van der Waals surface area contributed by atoms with Crippen molar-refractivity contribution in [1.82, 2.24) is 0 Å². The van der Waals surface area contributed by atoms with Gasteiger partial charge < -0.3 is 0 Å². The van der Waals surface area contributed by atoms with E-state index in [0.717, 1.165) is 16.4 Å². The zero-order chi connectivity index (χ0) is 13.2. The van der Waals surface area contributed by atoms with Crippen LogP contribution in [0.5, 0.6) is 0 Å². The van der Waals surface area contributed by atoms with Crippen LogP contribution in [0.25, 0.3) is 0 Å². The molecule has 0 bridgehead atoms. The first-order valence-corrected chi connectivity index (χ1v) is 9.30. The van der Waals surface area contributed by atoms with Gasteiger partial charge in [-0.05, 0) is 54.4 Å². The fourth-order valence-electron chi connectivity index (χ4n) is 2.85. The first-order chi connectivity index (χ1) is 8.50. The first kappa shape index (κ1) is 14.7. The van der Waals surface area contributed by atoms with Crippen molar-refractivity contribution in [2.75, 3.05) is 11.5 Å². The van der Waals surface area contributed by atoms with Crippen molar-refractivity contribution in [1.29, 1.82) is 0 Å². The Balaban J connectivity index is 1.79. The maximum atomic E-state index is 5.53. The maximum Gasteiger partial charge on any atom is 0.0530 e. The molecule has 0 aromatic carbocycles. The molecule has 1 saturated carbocycles. The topological polar surface area (TPSA) is 0 Å². The minimum absolute atomic E-state index is 0.478. The van der Waals surface area contributed by atoms with Gasteiger partial charge in [0.25, 0.3) is 0 Å². The number of hydrogen-bond donors (Lipinski definition) is 0. The van der Waals surface area contributed by atoms with Gasteiger partial charge in [-0.25, -0.2) is 0 Å². The molecule has 0 atom stereocenters. The summed E-state index contributed by atoms with van der Waals surface area (Å²) in [6.07, 6.45) is 10.8. The molecule has 1 saturated heterocycles. The standard InChI is InChI=1S/C16H26S2/c1-5-12-6-8-13(9-7-12)15-17-10-14(11-18-15)16(2,3)4/h1,12-15H,6-11H2,2-4H3. The van der Waals surface area contributed by atoms with Crippen LogP contribution in [0, 0.1) is 35.5 Å². The van der Waals surface area contributed by atoms with E-state index in [4.69, 9.17) is 6.42 Å². The highest BCUT2D eigenvalue weighted by Crippen LogP contribution is 2.47. The van der Waals surface area contributed by atoms with Gasteiger partial charge in [-0.15, -0.1) is 35.9 Å². The van der Waals surface area contributed by atoms with Gasteiger partial charge in [-0.2, -0.15) is 0 Å². The summed E-state index contributed by atoms with van der Waals surface area (Å²) in [4.78, 5) is 0. The van der Waals surface area contributed by atoms with E-state index >= 15 is 0 Å². The van der Waals surface area contributed by atoms with Crippen molar-refractivity contribution < 1.29 is 0 Å². The summed E-state index contributed by atoms with van der Waals surface area (Å²) in [7, 11) is 0. The molecule has 2 rings (SSSR count). The third kappa shape index (κ3) is 3.64. The summed E-state index contributed by atoms with van der Waals surface area (Å²) in [5.74, 6) is 8.03. The zero-order valence-electron chi connectivity index (χ0n) is 11.9. The molecule has 18 heavy (non-hydrogen) atoms. The summed E-state index contributed by atoms with van der Waals surface area (Å²) < 4.78 is 0.849. The van der Waals surface area contributed by atoms with Crippen molar-refractivity contribution in [3.8, 4) is 12.3 Å². The monoisotopic (exact) mass is 282 g/mol. The predicted molar refractivity (Wildman–Crippen MR) is 85.9 cm³/mol. The fraction of sp³-hybridized carbons (Fsp3) is 0.875. The number of thioether (sulfide) groups is 2. The van der Waals surface area contributed by atoms with E-state index in [9.17, 15) is 0 Å². The molecular formula is C16H26S2. The third-order valence-corrected chi connectivity index (χ3v) is 7.97. The molecular weight excluding hydrogens is 256 g/mol. The zero-order valence-corrected chi connectivity index (χ0v) is 13.6. The molecule has 0 aromatic rings. The van der Waals surface area contributed by atoms with E-state index in [1.165, 1.54) is 37.2 Å². The number of terminal acetylenes is 1. The Kier molecular flexibility index (Phi) is 5.00. The average Bonchev–Trinajstić information content (AvgIpc) is 2.38. The van der Waals surface area contributed by atoms with E-state index in [-0.39, 0.29) is 0 Å². The second-order valence-electron chi connectivity index (χ2n) is 6.88. The predicted octanol–water partition coefficient (Wildman–Crippen LogP) is 4.89. The Morgan fingerprint density at radius 2 is 1.56 bits per heavy atom. The lowest BCUT2D eigenvalue weighted by Crippen LogP contribution is -2.32. The van der Waals surface area contributed by atoms with Crippen molar-refractivity contribution in [3.05, 3.63) is 0 Å². The Morgan fingerprint density at radius 3 is 2.00 bits per heavy atom. The Labute approximate surface area is 121 Å². The molecule has 1 heterocycles. The van der Waals surface area contributed by atoms with Gasteiger partial charge in [0.15, 0.2) is 0 Å². The van der Waals surface area contributed by atoms with Gasteiger partial charge in [0, 0.05) is 5.92 Å². The summed E-state index contributed by atoms with van der Waals surface area (Å²) in [5, 5.41) is 0.